The molecule has 0 saturated heterocycles. The van der Waals surface area contributed by atoms with Crippen molar-refractivity contribution in [3.05, 3.63) is 11.6 Å². The summed E-state index contributed by atoms with van der Waals surface area (Å²) in [4.78, 5) is 0. The van der Waals surface area contributed by atoms with Crippen LogP contribution in [0.1, 0.15) is 105 Å². The Kier molecular flexibility index (Phi) is 8.47. The summed E-state index contributed by atoms with van der Waals surface area (Å²) in [5, 5.41) is -0.695. The van der Waals surface area contributed by atoms with Crippen LogP contribution in [-0.4, -0.2) is 18.2 Å². The van der Waals surface area contributed by atoms with Gasteiger partial charge >= 0.3 is 29.6 Å². The minimum Gasteiger partial charge on any atom is -0.748 e. The van der Waals surface area contributed by atoms with E-state index in [1.54, 1.807) is 0 Å². The largest absolute Gasteiger partial charge is 1.00 e. The molecule has 0 amide bonds. The Morgan fingerprint density at radius 1 is 1.03 bits per heavy atom. The van der Waals surface area contributed by atoms with E-state index in [1.807, 2.05) is 0 Å². The predicted octanol–water partition coefficient (Wildman–Crippen LogP) is 3.95. The molecule has 0 aromatic heterocycles. The Morgan fingerprint density at radius 3 is 2.41 bits per heavy atom. The number of fused-ring (bicyclic) bond motifs is 5. The van der Waals surface area contributed by atoms with Gasteiger partial charge in [0.15, 0.2) is 0 Å². The number of hydrogen-bond acceptors (Lipinski definition) is 3. The Balaban J connectivity index is 0.00000289. The minimum absolute atomic E-state index is 0. The molecule has 3 fully saturated rings. The van der Waals surface area contributed by atoms with Gasteiger partial charge in [-0.05, 0) is 97.7 Å². The Labute approximate surface area is 220 Å². The van der Waals surface area contributed by atoms with Crippen molar-refractivity contribution in [3.63, 3.8) is 0 Å². The molecule has 178 valence electrons. The molecule has 3 nitrogen and oxygen atoms in total. The Bertz CT molecular complexity index is 806. The van der Waals surface area contributed by atoms with Crippen molar-refractivity contribution in [1.82, 2.24) is 0 Å². The maximum atomic E-state index is 11.7. The molecule has 0 N–H and O–H groups in total. The van der Waals surface area contributed by atoms with Gasteiger partial charge in [-0.2, -0.15) is 0 Å². The van der Waals surface area contributed by atoms with Gasteiger partial charge in [0.2, 0.25) is 0 Å². The third kappa shape index (κ3) is 4.84. The second-order valence-electron chi connectivity index (χ2n) is 12.6. The van der Waals surface area contributed by atoms with E-state index in [1.165, 1.54) is 50.5 Å². The maximum absolute atomic E-state index is 11.7. The van der Waals surface area contributed by atoms with Crippen molar-refractivity contribution in [2.45, 2.75) is 110 Å². The molecule has 4 aliphatic rings. The molecule has 0 aliphatic heterocycles. The van der Waals surface area contributed by atoms with Crippen LogP contribution < -0.4 is 29.6 Å². The van der Waals surface area contributed by atoms with E-state index in [2.05, 4.69) is 40.7 Å². The van der Waals surface area contributed by atoms with E-state index in [4.69, 9.17) is 0 Å². The summed E-state index contributed by atoms with van der Waals surface area (Å²) in [6, 6.07) is 0. The molecule has 0 bridgehead atoms. The van der Waals surface area contributed by atoms with Crippen LogP contribution in [0.2, 0.25) is 0 Å². The fourth-order valence-corrected chi connectivity index (χ4v) is 9.69. The van der Waals surface area contributed by atoms with Gasteiger partial charge in [0.25, 0.3) is 0 Å². The Morgan fingerprint density at radius 2 is 1.75 bits per heavy atom. The van der Waals surface area contributed by atoms with Crippen LogP contribution in [0.15, 0.2) is 11.6 Å². The second-order valence-corrected chi connectivity index (χ2v) is 14.3. The molecule has 0 heterocycles. The van der Waals surface area contributed by atoms with Gasteiger partial charge in [0.05, 0.1) is 15.4 Å². The molecule has 8 atom stereocenters. The predicted molar refractivity (Wildman–Crippen MR) is 127 cm³/mol. The van der Waals surface area contributed by atoms with Crippen LogP contribution in [0.25, 0.3) is 0 Å². The molecule has 5 heteroatoms. The van der Waals surface area contributed by atoms with Gasteiger partial charge in [0.1, 0.15) is 0 Å². The summed E-state index contributed by atoms with van der Waals surface area (Å²) in [6.45, 7) is 12.2. The fraction of sp³-hybridized carbons (Fsp3) is 0.926. The normalized spacial score (nSPS) is 42.3. The number of allylic oxidation sites excluding steroid dienone is 2. The zero-order valence-electron chi connectivity index (χ0n) is 21.5. The van der Waals surface area contributed by atoms with E-state index < -0.39 is 15.4 Å². The van der Waals surface area contributed by atoms with Gasteiger partial charge in [-0.3, -0.25) is 0 Å². The van der Waals surface area contributed by atoms with Crippen LogP contribution in [0.4, 0.5) is 0 Å². The zero-order valence-corrected chi connectivity index (χ0v) is 24.3. The summed E-state index contributed by atoms with van der Waals surface area (Å²) in [5.74, 6) is 4.75. The molecule has 4 rings (SSSR count). The van der Waals surface area contributed by atoms with Gasteiger partial charge in [-0.1, -0.05) is 65.5 Å². The quantitative estimate of drug-likeness (QED) is 0.334. The van der Waals surface area contributed by atoms with E-state index in [9.17, 15) is 13.0 Å². The van der Waals surface area contributed by atoms with E-state index in [0.717, 1.165) is 42.4 Å². The third-order valence-electron chi connectivity index (χ3n) is 10.7. The second kappa shape index (κ2) is 9.96. The first-order valence-electron chi connectivity index (χ1n) is 13.1. The standard InChI is InChI=1S/C27H46O3S.Na/c1-18(2)7-6-8-19(3)23-11-12-24-22-10-9-20-17-21(31(28,29)30)13-15-26(20,4)25(22)14-16-27(23,24)5;/h9,18-19,21-25H,6-8,10-17H2,1-5H3,(H,28,29,30);/q;+1/p-1/t19-,21+,22?,23-,24+,25+,26+,27-;/m1./s1. The van der Waals surface area contributed by atoms with Gasteiger partial charge in [-0.25, -0.2) is 8.42 Å². The maximum Gasteiger partial charge on any atom is 1.00 e. The molecule has 0 aromatic carbocycles. The van der Waals surface area contributed by atoms with Crippen molar-refractivity contribution in [2.75, 3.05) is 0 Å². The van der Waals surface area contributed by atoms with Crippen molar-refractivity contribution in [3.8, 4) is 0 Å². The smallest absolute Gasteiger partial charge is 0.748 e. The van der Waals surface area contributed by atoms with Gasteiger partial charge in [0, 0.05) is 0 Å². The zero-order chi connectivity index (χ0) is 22.6. The molecule has 0 spiro atoms. The first-order valence-corrected chi connectivity index (χ1v) is 14.6. The summed E-state index contributed by atoms with van der Waals surface area (Å²) in [5.41, 5.74) is 1.90. The first kappa shape index (κ1) is 27.2. The molecule has 3 saturated carbocycles. The minimum atomic E-state index is -4.18. The van der Waals surface area contributed by atoms with E-state index >= 15 is 0 Å². The number of rotatable bonds is 6. The average molecular weight is 473 g/mol. The van der Waals surface area contributed by atoms with Crippen LogP contribution >= 0.6 is 0 Å². The summed E-state index contributed by atoms with van der Waals surface area (Å²) < 4.78 is 35.0. The molecular formula is C27H45NaO3S. The summed E-state index contributed by atoms with van der Waals surface area (Å²) >= 11 is 0. The first-order chi connectivity index (χ1) is 14.5. The van der Waals surface area contributed by atoms with E-state index in [0.29, 0.717) is 24.2 Å². The van der Waals surface area contributed by atoms with Crippen LogP contribution in [0.3, 0.4) is 0 Å². The number of hydrogen-bond donors (Lipinski definition) is 0. The van der Waals surface area contributed by atoms with E-state index in [-0.39, 0.29) is 35.0 Å². The van der Waals surface area contributed by atoms with Crippen molar-refractivity contribution < 1.29 is 42.5 Å². The van der Waals surface area contributed by atoms with Crippen molar-refractivity contribution in [1.29, 1.82) is 0 Å². The molecule has 32 heavy (non-hydrogen) atoms. The average Bonchev–Trinajstić information content (AvgIpc) is 3.03. The SMILES string of the molecule is CC(C)CCC[C@@H](C)[C@H]1CC[C@H]2C3CC=C4C[C@@H](S(=O)(=O)[O-])CC[C@]4(C)[C@H]3CC[C@]12C.[Na+]. The summed E-state index contributed by atoms with van der Waals surface area (Å²) in [7, 11) is -4.18. The van der Waals surface area contributed by atoms with Crippen molar-refractivity contribution >= 4 is 10.1 Å². The Hall–Kier alpha value is 0.650. The third-order valence-corrected chi connectivity index (χ3v) is 11.9. The van der Waals surface area contributed by atoms with Gasteiger partial charge < -0.3 is 4.55 Å². The molecule has 1 unspecified atom stereocenters. The fourth-order valence-electron chi connectivity index (χ4n) is 8.90. The summed E-state index contributed by atoms with van der Waals surface area (Å²) in [6.07, 6.45) is 14.9. The van der Waals surface area contributed by atoms with Crippen molar-refractivity contribution in [2.24, 2.45) is 46.3 Å². The molecule has 0 aromatic rings. The topological polar surface area (TPSA) is 57.2 Å². The van der Waals surface area contributed by atoms with Crippen LogP contribution in [0.5, 0.6) is 0 Å². The van der Waals surface area contributed by atoms with Gasteiger partial charge in [-0.15, -0.1) is 0 Å². The molecular weight excluding hydrogens is 427 g/mol. The van der Waals surface area contributed by atoms with Crippen LogP contribution in [0, 0.1) is 46.3 Å². The molecule has 0 radical (unpaired) electrons. The monoisotopic (exact) mass is 472 g/mol. The molecule has 4 aliphatic carbocycles. The van der Waals surface area contributed by atoms with Crippen LogP contribution in [-0.2, 0) is 10.1 Å².